The lowest BCUT2D eigenvalue weighted by molar-refractivity contribution is 0.631. The van der Waals surface area contributed by atoms with Gasteiger partial charge < -0.3 is 9.32 Å². The van der Waals surface area contributed by atoms with Crippen LogP contribution in [-0.2, 0) is 0 Å². The first-order chi connectivity index (χ1) is 30.7. The summed E-state index contributed by atoms with van der Waals surface area (Å²) in [6.45, 7) is 0. The summed E-state index contributed by atoms with van der Waals surface area (Å²) in [5.74, 6) is 0.879. The number of hydrogen-bond acceptors (Lipinski definition) is 2. The van der Waals surface area contributed by atoms with Gasteiger partial charge in [-0.15, -0.1) is 0 Å². The predicted molar refractivity (Wildman–Crippen MR) is 261 cm³/mol. The van der Waals surface area contributed by atoms with Crippen molar-refractivity contribution in [3.63, 3.8) is 0 Å². The lowest BCUT2D eigenvalue weighted by Crippen LogP contribution is -2.09. The van der Waals surface area contributed by atoms with E-state index in [0.29, 0.717) is 0 Å². The minimum atomic E-state index is 0.879. The fourth-order valence-corrected chi connectivity index (χ4v) is 8.57. The van der Waals surface area contributed by atoms with Crippen molar-refractivity contribution in [2.75, 3.05) is 4.90 Å². The molecule has 0 unspecified atom stereocenters. The molecule has 0 radical (unpaired) electrons. The highest BCUT2D eigenvalue weighted by Crippen LogP contribution is 2.39. The Morgan fingerprint density at radius 2 is 0.597 bits per heavy atom. The summed E-state index contributed by atoms with van der Waals surface area (Å²) in [7, 11) is 0. The minimum absolute atomic E-state index is 0.879. The van der Waals surface area contributed by atoms with Crippen LogP contribution < -0.4 is 4.90 Å². The topological polar surface area (TPSA) is 16.4 Å². The van der Waals surface area contributed by atoms with Crippen molar-refractivity contribution < 1.29 is 4.42 Å². The lowest BCUT2D eigenvalue weighted by atomic mass is 9.98. The van der Waals surface area contributed by atoms with E-state index in [1.54, 1.807) is 0 Å². The molecule has 0 aliphatic heterocycles. The summed E-state index contributed by atoms with van der Waals surface area (Å²) in [4.78, 5) is 2.34. The van der Waals surface area contributed by atoms with Gasteiger partial charge in [-0.05, 0) is 133 Å². The smallest absolute Gasteiger partial charge is 0.135 e. The predicted octanol–water partition coefficient (Wildman–Crippen LogP) is 17.1. The normalized spacial score (nSPS) is 11.2. The Morgan fingerprint density at radius 1 is 0.226 bits per heavy atom. The van der Waals surface area contributed by atoms with E-state index in [1.165, 1.54) is 49.7 Å². The van der Waals surface area contributed by atoms with Gasteiger partial charge in [0.2, 0.25) is 0 Å². The second kappa shape index (κ2) is 16.1. The highest BCUT2D eigenvalue weighted by Gasteiger charge is 2.15. The fourth-order valence-electron chi connectivity index (χ4n) is 8.57. The zero-order valence-electron chi connectivity index (χ0n) is 34.0. The van der Waals surface area contributed by atoms with Crippen molar-refractivity contribution in [3.05, 3.63) is 249 Å². The van der Waals surface area contributed by atoms with Gasteiger partial charge >= 0.3 is 0 Å². The molecule has 11 rings (SSSR count). The van der Waals surface area contributed by atoms with Crippen molar-refractivity contribution in [1.29, 1.82) is 0 Å². The molecular formula is C60H41NO. The van der Waals surface area contributed by atoms with Crippen LogP contribution in [-0.4, -0.2) is 0 Å². The van der Waals surface area contributed by atoms with Gasteiger partial charge in [-0.2, -0.15) is 0 Å². The molecule has 0 atom stereocenters. The maximum Gasteiger partial charge on any atom is 0.135 e. The first-order valence-electron chi connectivity index (χ1n) is 21.1. The molecule has 0 spiro atoms. The highest BCUT2D eigenvalue weighted by atomic mass is 16.3. The van der Waals surface area contributed by atoms with Gasteiger partial charge in [0.25, 0.3) is 0 Å². The fraction of sp³-hybridized carbons (Fsp3) is 0. The van der Waals surface area contributed by atoms with E-state index >= 15 is 0 Å². The standard InChI is InChI=1S/C60H41NO/c1-2-10-42(11-3-1)50-15-8-16-51(38-50)47-28-34-57(35-29-47)61(58-36-30-48(31-37-58)53-25-24-43-12-4-5-13-49(43)39-53)56-32-26-45(27-33-56)44-20-22-46(23-21-44)52-17-9-18-54(40-52)60-41-55-14-6-7-19-59(55)62-60/h1-41H. The Balaban J connectivity index is 0.894. The third kappa shape index (κ3) is 7.36. The van der Waals surface area contributed by atoms with E-state index in [9.17, 15) is 0 Å². The molecule has 2 nitrogen and oxygen atoms in total. The zero-order valence-corrected chi connectivity index (χ0v) is 34.0. The van der Waals surface area contributed by atoms with Crippen molar-refractivity contribution in [1.82, 2.24) is 0 Å². The van der Waals surface area contributed by atoms with Crippen LogP contribution in [0, 0.1) is 0 Å². The van der Waals surface area contributed by atoms with Gasteiger partial charge in [-0.1, -0.05) is 182 Å². The Hall–Kier alpha value is -8.20. The van der Waals surface area contributed by atoms with Gasteiger partial charge in [0.05, 0.1) is 0 Å². The molecule has 11 aromatic rings. The zero-order chi connectivity index (χ0) is 41.2. The molecule has 0 N–H and O–H groups in total. The SMILES string of the molecule is c1ccc(-c2cccc(-c3ccc(N(c4ccc(-c5ccc(-c6cccc(-c7cc8ccccc8o7)c6)cc5)cc4)c4ccc(-c5ccc6ccccc6c5)cc4)cc3)c2)cc1. The average molecular weight is 792 g/mol. The number of rotatable bonds is 9. The Bertz CT molecular complexity index is 3270. The van der Waals surface area contributed by atoms with E-state index in [0.717, 1.165) is 56.0 Å². The molecule has 1 aromatic heterocycles. The number of furan rings is 1. The largest absolute Gasteiger partial charge is 0.456 e. The molecule has 292 valence electrons. The molecule has 0 saturated carbocycles. The van der Waals surface area contributed by atoms with Gasteiger partial charge in [-0.25, -0.2) is 0 Å². The molecule has 10 aromatic carbocycles. The van der Waals surface area contributed by atoms with Gasteiger partial charge in [0.15, 0.2) is 0 Å². The van der Waals surface area contributed by atoms with Crippen LogP contribution in [0.3, 0.4) is 0 Å². The number of para-hydroxylation sites is 1. The van der Waals surface area contributed by atoms with Crippen LogP contribution in [0.15, 0.2) is 253 Å². The van der Waals surface area contributed by atoms with E-state index in [4.69, 9.17) is 4.42 Å². The molecule has 0 aliphatic rings. The van der Waals surface area contributed by atoms with Gasteiger partial charge in [0.1, 0.15) is 11.3 Å². The Labute approximate surface area is 362 Å². The molecule has 1 heterocycles. The van der Waals surface area contributed by atoms with Crippen LogP contribution in [0.5, 0.6) is 0 Å². The summed E-state index contributed by atoms with van der Waals surface area (Å²) in [6.07, 6.45) is 0. The summed E-state index contributed by atoms with van der Waals surface area (Å²) >= 11 is 0. The van der Waals surface area contributed by atoms with Crippen LogP contribution in [0.2, 0.25) is 0 Å². The van der Waals surface area contributed by atoms with E-state index < -0.39 is 0 Å². The van der Waals surface area contributed by atoms with Crippen LogP contribution >= 0.6 is 0 Å². The molecule has 0 fully saturated rings. The van der Waals surface area contributed by atoms with Crippen LogP contribution in [0.25, 0.3) is 88.7 Å². The first kappa shape index (κ1) is 36.8. The molecule has 0 aliphatic carbocycles. The average Bonchev–Trinajstić information content (AvgIpc) is 3.80. The Kier molecular flexibility index (Phi) is 9.57. The lowest BCUT2D eigenvalue weighted by Gasteiger charge is -2.26. The summed E-state index contributed by atoms with van der Waals surface area (Å²) in [6, 6.07) is 89.1. The quantitative estimate of drug-likeness (QED) is 0.145. The second-order valence-electron chi connectivity index (χ2n) is 15.8. The maximum atomic E-state index is 6.18. The van der Waals surface area contributed by atoms with E-state index in [2.05, 4.69) is 235 Å². The van der Waals surface area contributed by atoms with Crippen molar-refractivity contribution in [2.45, 2.75) is 0 Å². The number of fused-ring (bicyclic) bond motifs is 2. The minimum Gasteiger partial charge on any atom is -0.456 e. The number of anilines is 3. The van der Waals surface area contributed by atoms with Crippen molar-refractivity contribution in [3.8, 4) is 67.0 Å². The van der Waals surface area contributed by atoms with Crippen molar-refractivity contribution >= 4 is 38.8 Å². The van der Waals surface area contributed by atoms with Gasteiger partial charge in [0, 0.05) is 28.0 Å². The van der Waals surface area contributed by atoms with E-state index in [-0.39, 0.29) is 0 Å². The molecule has 62 heavy (non-hydrogen) atoms. The van der Waals surface area contributed by atoms with Gasteiger partial charge in [-0.3, -0.25) is 0 Å². The second-order valence-corrected chi connectivity index (χ2v) is 15.8. The molecule has 2 heteroatoms. The van der Waals surface area contributed by atoms with E-state index in [1.807, 2.05) is 18.2 Å². The third-order valence-electron chi connectivity index (χ3n) is 11.9. The molecule has 0 amide bonds. The number of nitrogens with zero attached hydrogens (tertiary/aromatic N) is 1. The Morgan fingerprint density at radius 3 is 1.15 bits per heavy atom. The third-order valence-corrected chi connectivity index (χ3v) is 11.9. The molecule has 0 bridgehead atoms. The van der Waals surface area contributed by atoms with Crippen molar-refractivity contribution in [2.24, 2.45) is 0 Å². The number of hydrogen-bond donors (Lipinski definition) is 0. The summed E-state index contributed by atoms with van der Waals surface area (Å²) in [5.41, 5.74) is 17.1. The molecule has 0 saturated heterocycles. The van der Waals surface area contributed by atoms with Crippen LogP contribution in [0.4, 0.5) is 17.1 Å². The first-order valence-corrected chi connectivity index (χ1v) is 21.1. The molecular weight excluding hydrogens is 751 g/mol. The maximum absolute atomic E-state index is 6.18. The summed E-state index contributed by atoms with van der Waals surface area (Å²) < 4.78 is 6.18. The monoisotopic (exact) mass is 791 g/mol. The summed E-state index contributed by atoms with van der Waals surface area (Å²) in [5, 5.41) is 3.60. The van der Waals surface area contributed by atoms with Crippen LogP contribution in [0.1, 0.15) is 0 Å². The number of benzene rings is 10. The highest BCUT2D eigenvalue weighted by molar-refractivity contribution is 5.89.